The molecule has 1 saturated carbocycles. The molecule has 2 bridgehead atoms. The first-order valence-corrected chi connectivity index (χ1v) is 5.85. The lowest BCUT2D eigenvalue weighted by atomic mass is 9.71. The van der Waals surface area contributed by atoms with E-state index in [2.05, 4.69) is 0 Å². The second kappa shape index (κ2) is 3.19. The minimum atomic E-state index is -0.484. The fourth-order valence-corrected chi connectivity index (χ4v) is 3.10. The van der Waals surface area contributed by atoms with Gasteiger partial charge in [-0.05, 0) is 43.5 Å². The summed E-state index contributed by atoms with van der Waals surface area (Å²) in [6.45, 7) is 1.94. The second-order valence-corrected chi connectivity index (χ2v) is 5.06. The van der Waals surface area contributed by atoms with E-state index in [0.29, 0.717) is 17.7 Å². The Morgan fingerprint density at radius 3 is 2.82 bits per heavy atom. The summed E-state index contributed by atoms with van der Waals surface area (Å²) in [7, 11) is 1.59. The van der Waals surface area contributed by atoms with Gasteiger partial charge in [-0.15, -0.1) is 0 Å². The molecule has 0 aromatic heterocycles. The van der Waals surface area contributed by atoms with Crippen LogP contribution in [0.4, 0.5) is 0 Å². The SMILES string of the molecule is COc1ccc2c(c1)[C@@]1(C)CC[C@@H](C2=O)C1=O. The maximum absolute atomic E-state index is 12.2. The van der Waals surface area contributed by atoms with E-state index in [0.717, 1.165) is 12.0 Å². The highest BCUT2D eigenvalue weighted by Crippen LogP contribution is 2.48. The Labute approximate surface area is 99.8 Å². The average Bonchev–Trinajstić information content (AvgIpc) is 2.59. The van der Waals surface area contributed by atoms with E-state index in [1.165, 1.54) is 0 Å². The van der Waals surface area contributed by atoms with Gasteiger partial charge in [0.15, 0.2) is 11.6 Å². The predicted octanol–water partition coefficient (Wildman–Crippen LogP) is 2.13. The highest BCUT2D eigenvalue weighted by molar-refractivity contribution is 6.19. The van der Waals surface area contributed by atoms with Crippen LogP contribution in [0.2, 0.25) is 0 Å². The highest BCUT2D eigenvalue weighted by atomic mass is 16.5. The molecule has 88 valence electrons. The van der Waals surface area contributed by atoms with Crippen molar-refractivity contribution in [1.82, 2.24) is 0 Å². The van der Waals surface area contributed by atoms with Crippen molar-refractivity contribution in [3.63, 3.8) is 0 Å². The third-order valence-corrected chi connectivity index (χ3v) is 4.20. The highest BCUT2D eigenvalue weighted by Gasteiger charge is 2.53. The predicted molar refractivity (Wildman–Crippen MR) is 62.4 cm³/mol. The number of carbonyl (C=O) groups excluding carboxylic acids is 2. The number of ketones is 2. The van der Waals surface area contributed by atoms with E-state index < -0.39 is 11.3 Å². The lowest BCUT2D eigenvalue weighted by molar-refractivity contribution is -0.124. The molecule has 0 N–H and O–H groups in total. The zero-order valence-corrected chi connectivity index (χ0v) is 9.95. The molecule has 0 amide bonds. The van der Waals surface area contributed by atoms with Crippen molar-refractivity contribution >= 4 is 11.6 Å². The Hall–Kier alpha value is -1.64. The number of methoxy groups -OCH3 is 1. The normalized spacial score (nSPS) is 30.4. The van der Waals surface area contributed by atoms with Crippen LogP contribution in [0.1, 0.15) is 35.7 Å². The monoisotopic (exact) mass is 230 g/mol. The summed E-state index contributed by atoms with van der Waals surface area (Å²) in [5, 5.41) is 0. The molecule has 1 fully saturated rings. The van der Waals surface area contributed by atoms with Crippen molar-refractivity contribution in [2.45, 2.75) is 25.2 Å². The van der Waals surface area contributed by atoms with Crippen LogP contribution in [0, 0.1) is 5.92 Å². The number of hydrogen-bond donors (Lipinski definition) is 0. The van der Waals surface area contributed by atoms with Crippen LogP contribution in [-0.2, 0) is 10.2 Å². The molecular weight excluding hydrogens is 216 g/mol. The van der Waals surface area contributed by atoms with Crippen LogP contribution in [0.5, 0.6) is 5.75 Å². The van der Waals surface area contributed by atoms with Crippen LogP contribution >= 0.6 is 0 Å². The summed E-state index contributed by atoms with van der Waals surface area (Å²) in [6.07, 6.45) is 1.45. The summed E-state index contributed by atoms with van der Waals surface area (Å²) in [4.78, 5) is 24.4. The van der Waals surface area contributed by atoms with E-state index in [4.69, 9.17) is 4.74 Å². The Morgan fingerprint density at radius 1 is 1.35 bits per heavy atom. The first-order valence-electron chi connectivity index (χ1n) is 5.85. The molecule has 3 heteroatoms. The third kappa shape index (κ3) is 1.17. The van der Waals surface area contributed by atoms with Gasteiger partial charge in [-0.25, -0.2) is 0 Å². The summed E-state index contributed by atoms with van der Waals surface area (Å²) in [5.74, 6) is 0.378. The van der Waals surface area contributed by atoms with Gasteiger partial charge in [0.05, 0.1) is 18.4 Å². The first-order chi connectivity index (χ1) is 8.08. The molecule has 0 radical (unpaired) electrons. The molecule has 17 heavy (non-hydrogen) atoms. The van der Waals surface area contributed by atoms with E-state index in [1.54, 1.807) is 19.2 Å². The quantitative estimate of drug-likeness (QED) is 0.694. The fraction of sp³-hybridized carbons (Fsp3) is 0.429. The standard InChI is InChI=1S/C14H14O3/c1-14-6-5-10(13(14)16)12(15)9-4-3-8(17-2)7-11(9)14/h3-4,7,10H,5-6H2,1-2H3/t10-,14+/m0/s1. The van der Waals surface area contributed by atoms with Gasteiger partial charge >= 0.3 is 0 Å². The molecule has 2 aliphatic carbocycles. The summed E-state index contributed by atoms with van der Waals surface area (Å²) in [5.41, 5.74) is 1.07. The number of rotatable bonds is 1. The van der Waals surface area contributed by atoms with Crippen LogP contribution in [0.15, 0.2) is 18.2 Å². The summed E-state index contributed by atoms with van der Waals surface area (Å²) in [6, 6.07) is 5.42. The molecule has 0 heterocycles. The van der Waals surface area contributed by atoms with E-state index in [9.17, 15) is 9.59 Å². The Balaban J connectivity index is 2.27. The molecular formula is C14H14O3. The molecule has 1 aromatic carbocycles. The van der Waals surface area contributed by atoms with Gasteiger partial charge in [-0.2, -0.15) is 0 Å². The smallest absolute Gasteiger partial charge is 0.173 e. The molecule has 2 aliphatic rings. The number of fused-ring (bicyclic) bond motifs is 4. The second-order valence-electron chi connectivity index (χ2n) is 5.06. The number of hydrogen-bond acceptors (Lipinski definition) is 3. The van der Waals surface area contributed by atoms with Crippen LogP contribution in [-0.4, -0.2) is 18.7 Å². The first kappa shape index (κ1) is 10.5. The zero-order chi connectivity index (χ0) is 12.2. The van der Waals surface area contributed by atoms with Crippen molar-refractivity contribution in [2.75, 3.05) is 7.11 Å². The van der Waals surface area contributed by atoms with Crippen LogP contribution < -0.4 is 4.74 Å². The minimum absolute atomic E-state index is 0.0115. The average molecular weight is 230 g/mol. The maximum atomic E-state index is 12.2. The van der Waals surface area contributed by atoms with Crippen molar-refractivity contribution in [2.24, 2.45) is 5.92 Å². The topological polar surface area (TPSA) is 43.4 Å². The van der Waals surface area contributed by atoms with Crippen LogP contribution in [0.3, 0.4) is 0 Å². The Kier molecular flexibility index (Phi) is 1.97. The van der Waals surface area contributed by atoms with Crippen molar-refractivity contribution in [3.05, 3.63) is 29.3 Å². The third-order valence-electron chi connectivity index (χ3n) is 4.20. The minimum Gasteiger partial charge on any atom is -0.497 e. The molecule has 1 aromatic rings. The summed E-state index contributed by atoms with van der Waals surface area (Å²) >= 11 is 0. The molecule has 0 unspecified atom stereocenters. The molecule has 0 saturated heterocycles. The molecule has 3 rings (SSSR count). The Morgan fingerprint density at radius 2 is 2.12 bits per heavy atom. The lowest BCUT2D eigenvalue weighted by Crippen LogP contribution is -2.39. The van der Waals surface area contributed by atoms with Crippen molar-refractivity contribution in [1.29, 1.82) is 0 Å². The largest absolute Gasteiger partial charge is 0.497 e. The molecule has 2 atom stereocenters. The number of carbonyl (C=O) groups is 2. The van der Waals surface area contributed by atoms with E-state index >= 15 is 0 Å². The van der Waals surface area contributed by atoms with Gasteiger partial charge < -0.3 is 4.74 Å². The van der Waals surface area contributed by atoms with Crippen LogP contribution in [0.25, 0.3) is 0 Å². The van der Waals surface area contributed by atoms with Gasteiger partial charge in [0.25, 0.3) is 0 Å². The van der Waals surface area contributed by atoms with Gasteiger partial charge in [0.2, 0.25) is 0 Å². The number of Topliss-reactive ketones (excluding diaryl/α,β-unsaturated/α-hetero) is 2. The van der Waals surface area contributed by atoms with Crippen molar-refractivity contribution < 1.29 is 14.3 Å². The van der Waals surface area contributed by atoms with Gasteiger partial charge in [0.1, 0.15) is 5.75 Å². The van der Waals surface area contributed by atoms with E-state index in [-0.39, 0.29) is 11.6 Å². The number of benzene rings is 1. The molecule has 0 aliphatic heterocycles. The summed E-state index contributed by atoms with van der Waals surface area (Å²) < 4.78 is 5.18. The zero-order valence-electron chi connectivity index (χ0n) is 9.95. The van der Waals surface area contributed by atoms with Gasteiger partial charge in [-0.1, -0.05) is 0 Å². The number of ether oxygens (including phenoxy) is 1. The van der Waals surface area contributed by atoms with E-state index in [1.807, 2.05) is 13.0 Å². The van der Waals surface area contributed by atoms with Gasteiger partial charge in [0, 0.05) is 5.56 Å². The van der Waals surface area contributed by atoms with Crippen molar-refractivity contribution in [3.8, 4) is 5.75 Å². The molecule has 3 nitrogen and oxygen atoms in total. The Bertz CT molecular complexity index is 532. The van der Waals surface area contributed by atoms with Gasteiger partial charge in [-0.3, -0.25) is 9.59 Å². The lowest BCUT2D eigenvalue weighted by Gasteiger charge is -2.30. The maximum Gasteiger partial charge on any atom is 0.173 e. The fourth-order valence-electron chi connectivity index (χ4n) is 3.10. The molecule has 0 spiro atoms.